The zero-order valence-electron chi connectivity index (χ0n) is 8.94. The van der Waals surface area contributed by atoms with Gasteiger partial charge in [-0.1, -0.05) is 11.6 Å². The maximum atomic E-state index is 5.92. The first kappa shape index (κ1) is 10.9. The molecule has 1 unspecified atom stereocenters. The number of rotatable bonds is 3. The van der Waals surface area contributed by atoms with Gasteiger partial charge in [-0.3, -0.25) is 0 Å². The van der Waals surface area contributed by atoms with Gasteiger partial charge in [0.05, 0.1) is 12.4 Å². The number of aromatic nitrogens is 3. The van der Waals surface area contributed by atoms with Gasteiger partial charge in [0.2, 0.25) is 5.89 Å². The maximum absolute atomic E-state index is 5.92. The van der Waals surface area contributed by atoms with E-state index in [0.717, 1.165) is 5.76 Å². The van der Waals surface area contributed by atoms with Crippen molar-refractivity contribution in [3.8, 4) is 0 Å². The molecular weight excluding hydrogens is 228 g/mol. The molecule has 0 fully saturated rings. The third-order valence-electron chi connectivity index (χ3n) is 2.03. The summed E-state index contributed by atoms with van der Waals surface area (Å²) in [6, 6.07) is -0.0962. The lowest BCUT2D eigenvalue weighted by Crippen LogP contribution is -2.08. The molecular formula is C10H11ClN4O. The molecule has 0 bridgehead atoms. The summed E-state index contributed by atoms with van der Waals surface area (Å²) in [5.74, 6) is 1.95. The third-order valence-corrected chi connectivity index (χ3v) is 2.31. The highest BCUT2D eigenvalue weighted by Gasteiger charge is 2.13. The molecule has 0 aliphatic carbocycles. The van der Waals surface area contributed by atoms with E-state index in [4.69, 9.17) is 16.0 Å². The molecule has 6 heteroatoms. The van der Waals surface area contributed by atoms with Crippen molar-refractivity contribution < 1.29 is 4.42 Å². The fraction of sp³-hybridized carbons (Fsp3) is 0.300. The Morgan fingerprint density at radius 2 is 2.19 bits per heavy atom. The first-order valence-electron chi connectivity index (χ1n) is 4.81. The second-order valence-electron chi connectivity index (χ2n) is 3.39. The van der Waals surface area contributed by atoms with E-state index in [0.29, 0.717) is 16.7 Å². The van der Waals surface area contributed by atoms with Gasteiger partial charge in [-0.15, -0.1) is 0 Å². The van der Waals surface area contributed by atoms with Gasteiger partial charge < -0.3 is 9.73 Å². The lowest BCUT2D eigenvalue weighted by atomic mass is 10.3. The number of oxazole rings is 1. The van der Waals surface area contributed by atoms with Crippen molar-refractivity contribution in [2.24, 2.45) is 0 Å². The number of nitrogens with zero attached hydrogens (tertiary/aromatic N) is 3. The van der Waals surface area contributed by atoms with E-state index < -0.39 is 0 Å². The summed E-state index contributed by atoms with van der Waals surface area (Å²) >= 11 is 5.92. The second kappa shape index (κ2) is 4.49. The summed E-state index contributed by atoms with van der Waals surface area (Å²) in [6.07, 6.45) is 4.64. The van der Waals surface area contributed by atoms with Crippen molar-refractivity contribution in [2.45, 2.75) is 19.9 Å². The smallest absolute Gasteiger partial charge is 0.216 e. The Labute approximate surface area is 97.9 Å². The summed E-state index contributed by atoms with van der Waals surface area (Å²) in [6.45, 7) is 3.77. The summed E-state index contributed by atoms with van der Waals surface area (Å²) in [5, 5.41) is 3.57. The van der Waals surface area contributed by atoms with Gasteiger partial charge in [0, 0.05) is 0 Å². The number of aryl methyl sites for hydroxylation is 1. The first-order valence-corrected chi connectivity index (χ1v) is 5.19. The van der Waals surface area contributed by atoms with Gasteiger partial charge in [-0.25, -0.2) is 15.0 Å². The predicted molar refractivity (Wildman–Crippen MR) is 60.3 cm³/mol. The SMILES string of the molecule is Cc1cnc(C(C)Nc2ncncc2Cl)o1. The van der Waals surface area contributed by atoms with Crippen LogP contribution in [0.15, 0.2) is 23.1 Å². The van der Waals surface area contributed by atoms with Crippen LogP contribution in [0.3, 0.4) is 0 Å². The van der Waals surface area contributed by atoms with Crippen LogP contribution in [0.25, 0.3) is 0 Å². The van der Waals surface area contributed by atoms with Crippen LogP contribution in [-0.4, -0.2) is 15.0 Å². The molecule has 84 valence electrons. The average Bonchev–Trinajstić information content (AvgIpc) is 2.68. The van der Waals surface area contributed by atoms with Gasteiger partial charge in [0.1, 0.15) is 29.0 Å². The van der Waals surface area contributed by atoms with Crippen molar-refractivity contribution in [2.75, 3.05) is 5.32 Å². The minimum Gasteiger partial charge on any atom is -0.444 e. The summed E-state index contributed by atoms with van der Waals surface area (Å²) < 4.78 is 5.40. The fourth-order valence-corrected chi connectivity index (χ4v) is 1.42. The normalized spacial score (nSPS) is 12.4. The molecule has 0 aliphatic heterocycles. The van der Waals surface area contributed by atoms with Crippen LogP contribution in [0.4, 0.5) is 5.82 Å². The standard InChI is InChI=1S/C10H11ClN4O/c1-6-3-13-10(16-6)7(2)15-9-8(11)4-12-5-14-9/h3-5,7H,1-2H3,(H,12,14,15). The van der Waals surface area contributed by atoms with E-state index in [1.807, 2.05) is 13.8 Å². The summed E-state index contributed by atoms with van der Waals surface area (Å²) in [4.78, 5) is 12.0. The van der Waals surface area contributed by atoms with E-state index in [1.165, 1.54) is 12.5 Å². The fourth-order valence-electron chi connectivity index (χ4n) is 1.26. The quantitative estimate of drug-likeness (QED) is 0.891. The lowest BCUT2D eigenvalue weighted by Gasteiger charge is -2.11. The molecule has 0 amide bonds. The third kappa shape index (κ3) is 2.30. The summed E-state index contributed by atoms with van der Waals surface area (Å²) in [5.41, 5.74) is 0. The lowest BCUT2D eigenvalue weighted by molar-refractivity contribution is 0.453. The Bertz CT molecular complexity index is 485. The van der Waals surface area contributed by atoms with Gasteiger partial charge in [0.15, 0.2) is 0 Å². The Kier molecular flexibility index (Phi) is 3.05. The predicted octanol–water partition coefficient (Wildman–Crippen LogP) is 2.60. The molecule has 0 aliphatic rings. The van der Waals surface area contributed by atoms with Crippen LogP contribution in [0.5, 0.6) is 0 Å². The van der Waals surface area contributed by atoms with Crippen molar-refractivity contribution >= 4 is 17.4 Å². The molecule has 0 spiro atoms. The highest BCUT2D eigenvalue weighted by molar-refractivity contribution is 6.32. The van der Waals surface area contributed by atoms with E-state index in [-0.39, 0.29) is 6.04 Å². The molecule has 2 rings (SSSR count). The number of nitrogens with one attached hydrogen (secondary N) is 1. The molecule has 0 aromatic carbocycles. The number of hydrogen-bond acceptors (Lipinski definition) is 5. The molecule has 2 aromatic rings. The Morgan fingerprint density at radius 1 is 1.38 bits per heavy atom. The van der Waals surface area contributed by atoms with E-state index >= 15 is 0 Å². The van der Waals surface area contributed by atoms with E-state index in [9.17, 15) is 0 Å². The molecule has 5 nitrogen and oxygen atoms in total. The van der Waals surface area contributed by atoms with Gasteiger partial charge in [0.25, 0.3) is 0 Å². The van der Waals surface area contributed by atoms with Gasteiger partial charge >= 0.3 is 0 Å². The van der Waals surface area contributed by atoms with Crippen LogP contribution in [0.2, 0.25) is 5.02 Å². The molecule has 0 radical (unpaired) electrons. The topological polar surface area (TPSA) is 63.8 Å². The Morgan fingerprint density at radius 3 is 2.81 bits per heavy atom. The van der Waals surface area contributed by atoms with Gasteiger partial charge in [-0.2, -0.15) is 0 Å². The zero-order chi connectivity index (χ0) is 11.5. The van der Waals surface area contributed by atoms with Gasteiger partial charge in [-0.05, 0) is 13.8 Å². The van der Waals surface area contributed by atoms with E-state index in [1.54, 1.807) is 6.20 Å². The number of anilines is 1. The Balaban J connectivity index is 2.13. The second-order valence-corrected chi connectivity index (χ2v) is 3.80. The van der Waals surface area contributed by atoms with Crippen LogP contribution in [0, 0.1) is 6.92 Å². The molecule has 0 saturated heterocycles. The molecule has 16 heavy (non-hydrogen) atoms. The van der Waals surface area contributed by atoms with Crippen LogP contribution < -0.4 is 5.32 Å². The van der Waals surface area contributed by atoms with Crippen LogP contribution >= 0.6 is 11.6 Å². The summed E-state index contributed by atoms with van der Waals surface area (Å²) in [7, 11) is 0. The van der Waals surface area contributed by atoms with Crippen molar-refractivity contribution in [3.63, 3.8) is 0 Å². The van der Waals surface area contributed by atoms with Crippen molar-refractivity contribution in [3.05, 3.63) is 35.4 Å². The van der Waals surface area contributed by atoms with Crippen molar-refractivity contribution in [1.29, 1.82) is 0 Å². The monoisotopic (exact) mass is 238 g/mol. The van der Waals surface area contributed by atoms with Crippen molar-refractivity contribution in [1.82, 2.24) is 15.0 Å². The highest BCUT2D eigenvalue weighted by Crippen LogP contribution is 2.22. The zero-order valence-corrected chi connectivity index (χ0v) is 9.69. The Hall–Kier alpha value is -1.62. The number of hydrogen-bond donors (Lipinski definition) is 1. The minimum absolute atomic E-state index is 0.0962. The van der Waals surface area contributed by atoms with Crippen LogP contribution in [-0.2, 0) is 0 Å². The molecule has 1 N–H and O–H groups in total. The number of halogens is 1. The van der Waals surface area contributed by atoms with Crippen LogP contribution in [0.1, 0.15) is 24.6 Å². The molecule has 0 saturated carbocycles. The maximum Gasteiger partial charge on any atom is 0.216 e. The molecule has 1 atom stereocenters. The molecule has 2 heterocycles. The largest absolute Gasteiger partial charge is 0.444 e. The first-order chi connectivity index (χ1) is 7.66. The highest BCUT2D eigenvalue weighted by atomic mass is 35.5. The van der Waals surface area contributed by atoms with E-state index in [2.05, 4.69) is 20.3 Å². The minimum atomic E-state index is -0.0962. The molecule has 2 aromatic heterocycles. The average molecular weight is 239 g/mol.